The molecule has 0 saturated carbocycles. The van der Waals surface area contributed by atoms with Gasteiger partial charge in [-0.25, -0.2) is 14.6 Å². The van der Waals surface area contributed by atoms with Crippen molar-refractivity contribution in [3.05, 3.63) is 91.5 Å². The van der Waals surface area contributed by atoms with Crippen LogP contribution in [0.3, 0.4) is 0 Å². The molecular weight excluding hydrogens is 574 g/mol. The Morgan fingerprint density at radius 1 is 1.00 bits per heavy atom. The number of benzene rings is 2. The highest BCUT2D eigenvalue weighted by molar-refractivity contribution is 8.14. The van der Waals surface area contributed by atoms with Gasteiger partial charge >= 0.3 is 12.2 Å². The fourth-order valence-corrected chi connectivity index (χ4v) is 5.10. The second-order valence-electron chi connectivity index (χ2n) is 9.11. The first-order valence-corrected chi connectivity index (χ1v) is 13.4. The Morgan fingerprint density at radius 3 is 2.12 bits per heavy atom. The number of carbonyl (C=O) groups excluding carboxylic acids is 3. The van der Waals surface area contributed by atoms with Gasteiger partial charge in [0, 0.05) is 43.0 Å². The maximum atomic E-state index is 13.0. The standard InChI is InChI=1S/C25H25N7O9S/c1-15(33)42-20-10-21(30(12-20)25(35)41-14-17-4-8-19(9-5-17)32(38)39)23-27-22(28-29-23)11-26-24(34)40-13-16-2-6-18(7-3-16)31(36)37/h2-9,20-21H,10-14H2,1H3,(H,26,34)(H,27,28,29)/t20-,21-/m0/s1. The van der Waals surface area contributed by atoms with Crippen molar-refractivity contribution in [2.45, 2.75) is 44.4 Å². The molecular formula is C25H25N7O9S. The Hall–Kier alpha value is -5.06. The molecule has 0 radical (unpaired) electrons. The molecule has 1 aliphatic rings. The SMILES string of the molecule is CC(=O)S[C@H]1C[C@@H](c2n[nH]c(CNC(=O)OCc3ccc([N+](=O)[O-])cc3)n2)N(C(=O)OCc2ccc([N+](=O)[O-])cc2)C1. The molecule has 2 atom stereocenters. The minimum atomic E-state index is -0.749. The number of nitrogens with zero attached hydrogens (tertiary/aromatic N) is 5. The maximum absolute atomic E-state index is 13.0. The second kappa shape index (κ2) is 13.5. The van der Waals surface area contributed by atoms with Crippen molar-refractivity contribution in [3.8, 4) is 0 Å². The predicted octanol–water partition coefficient (Wildman–Crippen LogP) is 3.78. The lowest BCUT2D eigenvalue weighted by Gasteiger charge is -2.21. The molecule has 2 amide bonds. The number of carbonyl (C=O) groups is 3. The van der Waals surface area contributed by atoms with Crippen LogP contribution in [0.4, 0.5) is 21.0 Å². The average Bonchev–Trinajstić information content (AvgIpc) is 3.61. The van der Waals surface area contributed by atoms with E-state index in [0.29, 0.717) is 23.4 Å². The number of alkyl carbamates (subject to hydrolysis) is 1. The molecule has 42 heavy (non-hydrogen) atoms. The molecule has 1 saturated heterocycles. The number of hydrogen-bond donors (Lipinski definition) is 2. The molecule has 3 aromatic rings. The number of hydrogen-bond acceptors (Lipinski definition) is 12. The van der Waals surface area contributed by atoms with Crippen molar-refractivity contribution in [2.24, 2.45) is 0 Å². The Balaban J connectivity index is 1.33. The van der Waals surface area contributed by atoms with Crippen LogP contribution in [-0.2, 0) is 34.0 Å². The number of nitrogens with one attached hydrogen (secondary N) is 2. The first-order valence-electron chi connectivity index (χ1n) is 12.5. The zero-order valence-electron chi connectivity index (χ0n) is 22.1. The summed E-state index contributed by atoms with van der Waals surface area (Å²) in [6.45, 7) is 1.38. The number of thioether (sulfide) groups is 1. The Morgan fingerprint density at radius 2 is 1.57 bits per heavy atom. The first kappa shape index (κ1) is 29.9. The molecule has 2 N–H and O–H groups in total. The number of H-pyrrole nitrogens is 1. The number of aromatic amines is 1. The van der Waals surface area contributed by atoms with Crippen LogP contribution in [0.1, 0.15) is 42.2 Å². The Bertz CT molecular complexity index is 1460. The topological polar surface area (TPSA) is 213 Å². The third-order valence-corrected chi connectivity index (χ3v) is 7.11. The van der Waals surface area contributed by atoms with Gasteiger partial charge in [0.15, 0.2) is 10.9 Å². The summed E-state index contributed by atoms with van der Waals surface area (Å²) in [6.07, 6.45) is -1.02. The van der Waals surface area contributed by atoms with Gasteiger partial charge in [-0.2, -0.15) is 5.10 Å². The van der Waals surface area contributed by atoms with E-state index >= 15 is 0 Å². The number of nitro groups is 2. The van der Waals surface area contributed by atoms with Gasteiger partial charge in [0.2, 0.25) is 0 Å². The number of rotatable bonds is 10. The van der Waals surface area contributed by atoms with Gasteiger partial charge in [0.25, 0.3) is 11.4 Å². The summed E-state index contributed by atoms with van der Waals surface area (Å²) in [6, 6.07) is 10.6. The van der Waals surface area contributed by atoms with Crippen LogP contribution in [0.5, 0.6) is 0 Å². The van der Waals surface area contributed by atoms with E-state index in [1.54, 1.807) is 0 Å². The Kier molecular flexibility index (Phi) is 9.64. The zero-order valence-corrected chi connectivity index (χ0v) is 22.9. The Labute approximate surface area is 242 Å². The van der Waals surface area contributed by atoms with Crippen LogP contribution >= 0.6 is 11.8 Å². The molecule has 17 heteroatoms. The van der Waals surface area contributed by atoms with Crippen LogP contribution in [-0.4, -0.2) is 59.0 Å². The molecule has 1 aromatic heterocycles. The van der Waals surface area contributed by atoms with E-state index in [1.165, 1.54) is 60.4 Å². The lowest BCUT2D eigenvalue weighted by molar-refractivity contribution is -0.385. The molecule has 0 bridgehead atoms. The normalized spacial score (nSPS) is 16.1. The van der Waals surface area contributed by atoms with Crippen LogP contribution in [0.15, 0.2) is 48.5 Å². The molecule has 4 rings (SSSR count). The number of aromatic nitrogens is 3. The first-order chi connectivity index (χ1) is 20.1. The highest BCUT2D eigenvalue weighted by atomic mass is 32.2. The number of likely N-dealkylation sites (tertiary alicyclic amines) is 1. The van der Waals surface area contributed by atoms with E-state index in [1.807, 2.05) is 0 Å². The van der Waals surface area contributed by atoms with E-state index in [9.17, 15) is 34.6 Å². The van der Waals surface area contributed by atoms with Gasteiger partial charge in [-0.1, -0.05) is 11.8 Å². The molecule has 2 aromatic carbocycles. The average molecular weight is 600 g/mol. The summed E-state index contributed by atoms with van der Waals surface area (Å²) in [5.74, 6) is 0.559. The largest absolute Gasteiger partial charge is 0.445 e. The summed E-state index contributed by atoms with van der Waals surface area (Å²) in [5.41, 5.74) is 0.971. The minimum absolute atomic E-state index is 0.0605. The lowest BCUT2D eigenvalue weighted by Crippen LogP contribution is -2.32. The highest BCUT2D eigenvalue weighted by Crippen LogP contribution is 2.37. The van der Waals surface area contributed by atoms with E-state index in [4.69, 9.17) is 9.47 Å². The highest BCUT2D eigenvalue weighted by Gasteiger charge is 2.40. The molecule has 220 valence electrons. The predicted molar refractivity (Wildman–Crippen MR) is 146 cm³/mol. The van der Waals surface area contributed by atoms with Crippen LogP contribution < -0.4 is 5.32 Å². The molecule has 0 aliphatic carbocycles. The molecule has 16 nitrogen and oxygen atoms in total. The van der Waals surface area contributed by atoms with Crippen LogP contribution in [0.25, 0.3) is 0 Å². The van der Waals surface area contributed by atoms with E-state index in [2.05, 4.69) is 20.5 Å². The van der Waals surface area contributed by atoms with Crippen LogP contribution in [0, 0.1) is 20.2 Å². The van der Waals surface area contributed by atoms with Gasteiger partial charge < -0.3 is 14.8 Å². The third-order valence-electron chi connectivity index (χ3n) is 6.10. The van der Waals surface area contributed by atoms with Crippen molar-refractivity contribution in [1.82, 2.24) is 25.4 Å². The summed E-state index contributed by atoms with van der Waals surface area (Å²) in [5, 5.41) is 30.7. The maximum Gasteiger partial charge on any atom is 0.410 e. The van der Waals surface area contributed by atoms with Gasteiger partial charge in [-0.3, -0.25) is 35.0 Å². The number of ether oxygens (including phenoxy) is 2. The zero-order chi connectivity index (χ0) is 30.2. The number of amides is 2. The molecule has 0 unspecified atom stereocenters. The van der Waals surface area contributed by atoms with Crippen molar-refractivity contribution in [2.75, 3.05) is 6.54 Å². The minimum Gasteiger partial charge on any atom is -0.445 e. The fourth-order valence-electron chi connectivity index (χ4n) is 4.11. The van der Waals surface area contributed by atoms with Gasteiger partial charge in [0.05, 0.1) is 22.4 Å². The smallest absolute Gasteiger partial charge is 0.410 e. The summed E-state index contributed by atoms with van der Waals surface area (Å²) >= 11 is 1.10. The van der Waals surface area contributed by atoms with Crippen molar-refractivity contribution in [1.29, 1.82) is 0 Å². The number of non-ortho nitro benzene ring substituents is 2. The molecule has 1 fully saturated rings. The molecule has 2 heterocycles. The molecule has 0 spiro atoms. The van der Waals surface area contributed by atoms with E-state index in [0.717, 1.165) is 11.8 Å². The number of nitro benzene ring substituents is 2. The van der Waals surface area contributed by atoms with Gasteiger partial charge in [0.1, 0.15) is 19.0 Å². The second-order valence-corrected chi connectivity index (χ2v) is 10.6. The van der Waals surface area contributed by atoms with E-state index < -0.39 is 28.1 Å². The van der Waals surface area contributed by atoms with Crippen molar-refractivity contribution in [3.63, 3.8) is 0 Å². The monoisotopic (exact) mass is 599 g/mol. The lowest BCUT2D eigenvalue weighted by atomic mass is 10.2. The van der Waals surface area contributed by atoms with Crippen molar-refractivity contribution >= 4 is 40.4 Å². The van der Waals surface area contributed by atoms with Gasteiger partial charge in [-0.15, -0.1) is 0 Å². The van der Waals surface area contributed by atoms with Crippen LogP contribution in [0.2, 0.25) is 0 Å². The van der Waals surface area contributed by atoms with Gasteiger partial charge in [-0.05, 0) is 41.8 Å². The summed E-state index contributed by atoms with van der Waals surface area (Å²) < 4.78 is 10.6. The molecule has 1 aliphatic heterocycles. The fraction of sp³-hybridized carbons (Fsp3) is 0.320. The van der Waals surface area contributed by atoms with E-state index in [-0.39, 0.29) is 53.9 Å². The quantitative estimate of drug-likeness (QED) is 0.252. The summed E-state index contributed by atoms with van der Waals surface area (Å²) in [4.78, 5) is 63.2. The summed E-state index contributed by atoms with van der Waals surface area (Å²) in [7, 11) is 0. The third kappa shape index (κ3) is 8.00. The van der Waals surface area contributed by atoms with Crippen molar-refractivity contribution < 1.29 is 33.7 Å².